The third-order valence-corrected chi connectivity index (χ3v) is 5.26. The Kier molecular flexibility index (Phi) is 5.74. The zero-order valence-corrected chi connectivity index (χ0v) is 14.7. The van der Waals surface area contributed by atoms with Gasteiger partial charge in [-0.1, -0.05) is 30.3 Å². The van der Waals surface area contributed by atoms with Crippen molar-refractivity contribution >= 4 is 6.03 Å². The van der Waals surface area contributed by atoms with Crippen LogP contribution in [-0.4, -0.2) is 48.8 Å². The van der Waals surface area contributed by atoms with E-state index in [2.05, 4.69) is 52.8 Å². The molecule has 132 valence electrons. The van der Waals surface area contributed by atoms with Crippen LogP contribution in [0.4, 0.5) is 4.79 Å². The minimum atomic E-state index is -0.0634. The predicted molar refractivity (Wildman–Crippen MR) is 94.8 cm³/mol. The van der Waals surface area contributed by atoms with Crippen molar-refractivity contribution < 1.29 is 9.53 Å². The Hall–Kier alpha value is -1.59. The molecule has 0 radical (unpaired) electrons. The molecule has 2 amide bonds. The van der Waals surface area contributed by atoms with E-state index < -0.39 is 0 Å². The Morgan fingerprint density at radius 3 is 2.79 bits per heavy atom. The summed E-state index contributed by atoms with van der Waals surface area (Å²) < 4.78 is 5.48. The Balaban J connectivity index is 1.41. The van der Waals surface area contributed by atoms with Gasteiger partial charge in [0, 0.05) is 32.3 Å². The Morgan fingerprint density at radius 2 is 2.08 bits per heavy atom. The molecule has 0 aliphatic carbocycles. The molecule has 5 nitrogen and oxygen atoms in total. The first-order valence-corrected chi connectivity index (χ1v) is 9.05. The molecule has 2 heterocycles. The van der Waals surface area contributed by atoms with E-state index in [1.54, 1.807) is 0 Å². The van der Waals surface area contributed by atoms with Crippen molar-refractivity contribution in [3.63, 3.8) is 0 Å². The van der Waals surface area contributed by atoms with E-state index in [0.29, 0.717) is 12.0 Å². The van der Waals surface area contributed by atoms with Crippen LogP contribution >= 0.6 is 0 Å². The highest BCUT2D eigenvalue weighted by molar-refractivity contribution is 5.74. The number of ether oxygens (including phenoxy) is 1. The van der Waals surface area contributed by atoms with Gasteiger partial charge in [0.05, 0.1) is 12.1 Å². The molecule has 0 bridgehead atoms. The van der Waals surface area contributed by atoms with Crippen LogP contribution in [0.1, 0.15) is 32.3 Å². The molecule has 5 heteroatoms. The van der Waals surface area contributed by atoms with Crippen molar-refractivity contribution in [2.75, 3.05) is 19.7 Å². The molecular weight excluding hydrogens is 302 g/mol. The molecule has 1 aromatic rings. The smallest absolute Gasteiger partial charge is 0.315 e. The molecule has 3 rings (SSSR count). The summed E-state index contributed by atoms with van der Waals surface area (Å²) in [5.74, 6) is 0.520. The zero-order valence-electron chi connectivity index (χ0n) is 14.7. The summed E-state index contributed by atoms with van der Waals surface area (Å²) in [5, 5.41) is 6.07. The number of nitrogens with one attached hydrogen (secondary N) is 2. The lowest BCUT2D eigenvalue weighted by Crippen LogP contribution is -2.46. The molecule has 0 aromatic heterocycles. The Labute approximate surface area is 144 Å². The zero-order chi connectivity index (χ0) is 16.9. The van der Waals surface area contributed by atoms with Gasteiger partial charge in [0.15, 0.2) is 0 Å². The topological polar surface area (TPSA) is 53.6 Å². The van der Waals surface area contributed by atoms with Crippen LogP contribution in [-0.2, 0) is 11.3 Å². The molecule has 2 aliphatic heterocycles. The minimum absolute atomic E-state index is 0.0634. The molecule has 2 fully saturated rings. The third kappa shape index (κ3) is 4.48. The van der Waals surface area contributed by atoms with E-state index in [9.17, 15) is 4.79 Å². The number of hydrogen-bond acceptors (Lipinski definition) is 3. The number of amides is 2. The number of hydrogen-bond donors (Lipinski definition) is 2. The van der Waals surface area contributed by atoms with Gasteiger partial charge in [0.25, 0.3) is 0 Å². The fraction of sp³-hybridized carbons (Fsp3) is 0.632. The molecule has 2 saturated heterocycles. The van der Waals surface area contributed by atoms with Crippen molar-refractivity contribution in [3.8, 4) is 0 Å². The van der Waals surface area contributed by atoms with E-state index in [-0.39, 0.29) is 18.2 Å². The van der Waals surface area contributed by atoms with E-state index in [0.717, 1.165) is 39.1 Å². The van der Waals surface area contributed by atoms with Gasteiger partial charge in [-0.2, -0.15) is 0 Å². The normalized spacial score (nSPS) is 30.4. The van der Waals surface area contributed by atoms with Crippen LogP contribution in [0.5, 0.6) is 0 Å². The van der Waals surface area contributed by atoms with E-state index in [4.69, 9.17) is 4.74 Å². The monoisotopic (exact) mass is 331 g/mol. The molecule has 1 aromatic carbocycles. The van der Waals surface area contributed by atoms with E-state index in [1.165, 1.54) is 5.56 Å². The van der Waals surface area contributed by atoms with Gasteiger partial charge in [0.1, 0.15) is 0 Å². The standard InChI is InChI=1S/C19H29N3O2/c1-14-10-17(13-22(14)12-16-6-4-3-5-7-16)11-20-19(23)21-18-8-9-24-15(18)2/h3-7,14-15,17-18H,8-13H2,1-2H3,(H2,20,21,23)/t14-,15-,17-,18-/m0/s1. The predicted octanol–water partition coefficient (Wildman–Crippen LogP) is 2.37. The molecule has 2 aliphatic rings. The third-order valence-electron chi connectivity index (χ3n) is 5.26. The minimum Gasteiger partial charge on any atom is -0.376 e. The van der Waals surface area contributed by atoms with Crippen LogP contribution in [0.15, 0.2) is 30.3 Å². The van der Waals surface area contributed by atoms with Crippen LogP contribution in [0.25, 0.3) is 0 Å². The number of urea groups is 1. The summed E-state index contributed by atoms with van der Waals surface area (Å²) in [6.07, 6.45) is 2.15. The summed E-state index contributed by atoms with van der Waals surface area (Å²) in [6.45, 7) is 7.80. The van der Waals surface area contributed by atoms with E-state index >= 15 is 0 Å². The Morgan fingerprint density at radius 1 is 1.29 bits per heavy atom. The fourth-order valence-corrected chi connectivity index (χ4v) is 3.78. The molecule has 2 N–H and O–H groups in total. The maximum absolute atomic E-state index is 12.1. The lowest BCUT2D eigenvalue weighted by atomic mass is 10.1. The second-order valence-electron chi connectivity index (χ2n) is 7.19. The van der Waals surface area contributed by atoms with Crippen LogP contribution in [0, 0.1) is 5.92 Å². The van der Waals surface area contributed by atoms with Gasteiger partial charge in [-0.05, 0) is 38.2 Å². The van der Waals surface area contributed by atoms with Crippen molar-refractivity contribution in [1.29, 1.82) is 0 Å². The molecule has 0 spiro atoms. The van der Waals surface area contributed by atoms with Gasteiger partial charge >= 0.3 is 6.03 Å². The average Bonchev–Trinajstić information content (AvgIpc) is 3.13. The average molecular weight is 331 g/mol. The van der Waals surface area contributed by atoms with Gasteiger partial charge < -0.3 is 15.4 Å². The SMILES string of the molecule is C[C@@H]1OCC[C@@H]1NC(=O)NC[C@@H]1C[C@H](C)N(Cc2ccccc2)C1. The highest BCUT2D eigenvalue weighted by Gasteiger charge is 2.30. The van der Waals surface area contributed by atoms with Crippen molar-refractivity contribution in [2.45, 2.75) is 51.4 Å². The summed E-state index contributed by atoms with van der Waals surface area (Å²) in [4.78, 5) is 14.6. The van der Waals surface area contributed by atoms with Crippen molar-refractivity contribution in [2.24, 2.45) is 5.92 Å². The summed E-state index contributed by atoms with van der Waals surface area (Å²) in [6, 6.07) is 11.2. The first-order valence-electron chi connectivity index (χ1n) is 9.05. The van der Waals surface area contributed by atoms with Gasteiger partial charge in [-0.25, -0.2) is 4.79 Å². The van der Waals surface area contributed by atoms with Crippen molar-refractivity contribution in [3.05, 3.63) is 35.9 Å². The lowest BCUT2D eigenvalue weighted by molar-refractivity contribution is 0.114. The largest absolute Gasteiger partial charge is 0.376 e. The van der Waals surface area contributed by atoms with Crippen LogP contribution in [0.2, 0.25) is 0 Å². The molecule has 24 heavy (non-hydrogen) atoms. The molecule has 0 saturated carbocycles. The van der Waals surface area contributed by atoms with Gasteiger partial charge in [-0.3, -0.25) is 4.90 Å². The summed E-state index contributed by atoms with van der Waals surface area (Å²) in [7, 11) is 0. The Bertz CT molecular complexity index is 537. The number of rotatable bonds is 5. The maximum atomic E-state index is 12.1. The summed E-state index contributed by atoms with van der Waals surface area (Å²) in [5.41, 5.74) is 1.35. The number of carbonyl (C=O) groups excluding carboxylic acids is 1. The second kappa shape index (κ2) is 7.99. The number of carbonyl (C=O) groups is 1. The fourth-order valence-electron chi connectivity index (χ4n) is 3.78. The highest BCUT2D eigenvalue weighted by atomic mass is 16.5. The molecular formula is C19H29N3O2. The molecule has 0 unspecified atom stereocenters. The lowest BCUT2D eigenvalue weighted by Gasteiger charge is -2.21. The number of nitrogens with zero attached hydrogens (tertiary/aromatic N) is 1. The first kappa shape index (κ1) is 17.2. The summed E-state index contributed by atoms with van der Waals surface area (Å²) >= 11 is 0. The first-order chi connectivity index (χ1) is 11.6. The number of likely N-dealkylation sites (tertiary alicyclic amines) is 1. The molecule has 4 atom stereocenters. The van der Waals surface area contributed by atoms with Gasteiger partial charge in [-0.15, -0.1) is 0 Å². The quantitative estimate of drug-likeness (QED) is 0.871. The van der Waals surface area contributed by atoms with Gasteiger partial charge in [0.2, 0.25) is 0 Å². The maximum Gasteiger partial charge on any atom is 0.315 e. The second-order valence-corrected chi connectivity index (χ2v) is 7.19. The van der Waals surface area contributed by atoms with Crippen molar-refractivity contribution in [1.82, 2.24) is 15.5 Å². The van der Waals surface area contributed by atoms with E-state index in [1.807, 2.05) is 6.92 Å². The number of benzene rings is 1. The van der Waals surface area contributed by atoms with Crippen LogP contribution in [0.3, 0.4) is 0 Å². The van der Waals surface area contributed by atoms with Crippen LogP contribution < -0.4 is 10.6 Å². The highest BCUT2D eigenvalue weighted by Crippen LogP contribution is 2.24.